The number of rotatable bonds is 8. The highest BCUT2D eigenvalue weighted by Crippen LogP contribution is 2.34. The molecule has 2 rings (SSSR count). The summed E-state index contributed by atoms with van der Waals surface area (Å²) in [4.78, 5) is 18.6. The van der Waals surface area contributed by atoms with Crippen LogP contribution in [-0.4, -0.2) is 43.7 Å². The molecule has 8 heteroatoms. The van der Waals surface area contributed by atoms with Crippen molar-refractivity contribution in [3.63, 3.8) is 0 Å². The standard InChI is InChI=1S/C14H17ClN4O3/c1-21-11-6-9-10(7-12(11)22-2)18-14(15)19-13(9)17-5-3-4-16-8-20/h6-8H,3-5H2,1-2H3,(H,16,20)(H,17,18,19). The molecule has 0 aliphatic carbocycles. The lowest BCUT2D eigenvalue weighted by Crippen LogP contribution is -2.16. The van der Waals surface area contributed by atoms with Gasteiger partial charge in [0.05, 0.1) is 19.7 Å². The molecule has 1 aromatic carbocycles. The predicted molar refractivity (Wildman–Crippen MR) is 84.8 cm³/mol. The molecule has 1 amide bonds. The van der Waals surface area contributed by atoms with E-state index in [4.69, 9.17) is 21.1 Å². The van der Waals surface area contributed by atoms with Crippen LogP contribution in [0.2, 0.25) is 5.28 Å². The number of methoxy groups -OCH3 is 2. The van der Waals surface area contributed by atoms with Gasteiger partial charge in [-0.25, -0.2) is 9.97 Å². The van der Waals surface area contributed by atoms with Gasteiger partial charge in [0.2, 0.25) is 11.7 Å². The van der Waals surface area contributed by atoms with Crippen molar-refractivity contribution in [2.24, 2.45) is 0 Å². The summed E-state index contributed by atoms with van der Waals surface area (Å²) >= 11 is 5.96. The lowest BCUT2D eigenvalue weighted by atomic mass is 10.2. The second kappa shape index (κ2) is 7.65. The summed E-state index contributed by atoms with van der Waals surface area (Å²) < 4.78 is 10.6. The van der Waals surface area contributed by atoms with Crippen LogP contribution in [-0.2, 0) is 4.79 Å². The highest BCUT2D eigenvalue weighted by molar-refractivity contribution is 6.28. The highest BCUT2D eigenvalue weighted by atomic mass is 35.5. The predicted octanol–water partition coefficient (Wildman–Crippen LogP) is 1.85. The molecular weight excluding hydrogens is 308 g/mol. The second-order valence-corrected chi connectivity index (χ2v) is 4.76. The van der Waals surface area contributed by atoms with E-state index < -0.39 is 0 Å². The van der Waals surface area contributed by atoms with Crippen LogP contribution in [0.3, 0.4) is 0 Å². The van der Waals surface area contributed by atoms with E-state index in [-0.39, 0.29) is 5.28 Å². The number of carbonyl (C=O) groups excluding carboxylic acids is 1. The Morgan fingerprint density at radius 3 is 2.59 bits per heavy atom. The monoisotopic (exact) mass is 324 g/mol. The lowest BCUT2D eigenvalue weighted by molar-refractivity contribution is -0.109. The summed E-state index contributed by atoms with van der Waals surface area (Å²) in [5.41, 5.74) is 0.658. The van der Waals surface area contributed by atoms with Crippen LogP contribution < -0.4 is 20.1 Å². The van der Waals surface area contributed by atoms with Gasteiger partial charge >= 0.3 is 0 Å². The van der Waals surface area contributed by atoms with Crippen LogP contribution in [0.1, 0.15) is 6.42 Å². The van der Waals surface area contributed by atoms with Gasteiger partial charge in [-0.05, 0) is 24.1 Å². The van der Waals surface area contributed by atoms with E-state index in [1.165, 1.54) is 0 Å². The number of halogens is 1. The zero-order valence-corrected chi connectivity index (χ0v) is 13.1. The largest absolute Gasteiger partial charge is 0.493 e. The Bertz CT molecular complexity index is 666. The molecular formula is C14H17ClN4O3. The Balaban J connectivity index is 2.30. The minimum atomic E-state index is 0.147. The molecule has 0 saturated carbocycles. The SMILES string of the molecule is COc1cc2nc(Cl)nc(NCCCNC=O)c2cc1OC. The van der Waals surface area contributed by atoms with Gasteiger partial charge in [-0.2, -0.15) is 0 Å². The minimum Gasteiger partial charge on any atom is -0.493 e. The highest BCUT2D eigenvalue weighted by Gasteiger charge is 2.12. The first-order chi connectivity index (χ1) is 10.7. The van der Waals surface area contributed by atoms with Crippen LogP contribution >= 0.6 is 11.6 Å². The molecule has 0 fully saturated rings. The van der Waals surface area contributed by atoms with Crippen LogP contribution in [0, 0.1) is 0 Å². The molecule has 0 atom stereocenters. The Morgan fingerprint density at radius 1 is 1.18 bits per heavy atom. The van der Waals surface area contributed by atoms with Crippen molar-refractivity contribution in [2.45, 2.75) is 6.42 Å². The fourth-order valence-corrected chi connectivity index (χ4v) is 2.19. The van der Waals surface area contributed by atoms with Crippen LogP contribution in [0.4, 0.5) is 5.82 Å². The van der Waals surface area contributed by atoms with Crippen LogP contribution in [0.5, 0.6) is 11.5 Å². The normalized spacial score (nSPS) is 10.3. The summed E-state index contributed by atoms with van der Waals surface area (Å²) in [6, 6.07) is 3.55. The Hall–Kier alpha value is -2.28. The molecule has 0 spiro atoms. The molecule has 0 aliphatic heterocycles. The summed E-state index contributed by atoms with van der Waals surface area (Å²) in [5.74, 6) is 1.78. The zero-order valence-electron chi connectivity index (χ0n) is 12.4. The first kappa shape index (κ1) is 16.1. The van der Waals surface area contributed by atoms with E-state index in [9.17, 15) is 4.79 Å². The molecule has 1 aromatic heterocycles. The number of nitrogens with one attached hydrogen (secondary N) is 2. The van der Waals surface area contributed by atoms with E-state index in [1.807, 2.05) is 0 Å². The number of anilines is 1. The number of benzene rings is 1. The van der Waals surface area contributed by atoms with Crippen molar-refractivity contribution < 1.29 is 14.3 Å². The zero-order chi connectivity index (χ0) is 15.9. The molecule has 2 aromatic rings. The summed E-state index contributed by atoms with van der Waals surface area (Å²) in [6.45, 7) is 1.22. The number of nitrogens with zero attached hydrogens (tertiary/aromatic N) is 2. The van der Waals surface area contributed by atoms with Crippen molar-refractivity contribution in [3.05, 3.63) is 17.4 Å². The number of amides is 1. The second-order valence-electron chi connectivity index (χ2n) is 4.42. The maximum atomic E-state index is 10.2. The molecule has 1 heterocycles. The van der Waals surface area contributed by atoms with Gasteiger partial charge in [0.15, 0.2) is 11.5 Å². The molecule has 0 saturated heterocycles. The van der Waals surface area contributed by atoms with Gasteiger partial charge in [-0.3, -0.25) is 4.79 Å². The van der Waals surface area contributed by atoms with Gasteiger partial charge in [-0.1, -0.05) is 0 Å². The van der Waals surface area contributed by atoms with Crippen LogP contribution in [0.15, 0.2) is 12.1 Å². The van der Waals surface area contributed by atoms with E-state index in [0.717, 1.165) is 11.8 Å². The van der Waals surface area contributed by atoms with Crippen molar-refractivity contribution in [2.75, 3.05) is 32.6 Å². The Labute approximate surface area is 133 Å². The maximum Gasteiger partial charge on any atom is 0.224 e. The average Bonchev–Trinajstić information content (AvgIpc) is 2.53. The fourth-order valence-electron chi connectivity index (χ4n) is 2.02. The molecule has 22 heavy (non-hydrogen) atoms. The number of fused-ring (bicyclic) bond motifs is 1. The number of carbonyl (C=O) groups is 1. The molecule has 2 N–H and O–H groups in total. The fraction of sp³-hybridized carbons (Fsp3) is 0.357. The van der Waals surface area contributed by atoms with Crippen molar-refractivity contribution in [1.82, 2.24) is 15.3 Å². The van der Waals surface area contributed by atoms with Crippen molar-refractivity contribution in [1.29, 1.82) is 0 Å². The molecule has 7 nitrogen and oxygen atoms in total. The third kappa shape index (κ3) is 3.67. The number of hydrogen-bond donors (Lipinski definition) is 2. The lowest BCUT2D eigenvalue weighted by Gasteiger charge is -2.12. The quantitative estimate of drug-likeness (QED) is 0.438. The smallest absolute Gasteiger partial charge is 0.224 e. The number of hydrogen-bond acceptors (Lipinski definition) is 6. The van der Waals surface area contributed by atoms with Crippen molar-refractivity contribution in [3.8, 4) is 11.5 Å². The molecule has 0 unspecified atom stereocenters. The van der Waals surface area contributed by atoms with E-state index in [1.54, 1.807) is 26.4 Å². The molecule has 118 valence electrons. The summed E-state index contributed by atoms with van der Waals surface area (Å²) in [7, 11) is 3.13. The third-order valence-electron chi connectivity index (χ3n) is 3.05. The average molecular weight is 325 g/mol. The third-order valence-corrected chi connectivity index (χ3v) is 3.22. The molecule has 0 bridgehead atoms. The number of ether oxygens (including phenoxy) is 2. The molecule has 0 aliphatic rings. The first-order valence-corrected chi connectivity index (χ1v) is 7.07. The van der Waals surface area contributed by atoms with E-state index >= 15 is 0 Å². The number of aromatic nitrogens is 2. The first-order valence-electron chi connectivity index (χ1n) is 6.69. The summed E-state index contributed by atoms with van der Waals surface area (Å²) in [6.07, 6.45) is 1.43. The Morgan fingerprint density at radius 2 is 1.91 bits per heavy atom. The minimum absolute atomic E-state index is 0.147. The Kier molecular flexibility index (Phi) is 5.60. The van der Waals surface area contributed by atoms with E-state index in [0.29, 0.717) is 42.3 Å². The van der Waals surface area contributed by atoms with E-state index in [2.05, 4.69) is 20.6 Å². The van der Waals surface area contributed by atoms with Gasteiger partial charge in [0.25, 0.3) is 0 Å². The topological polar surface area (TPSA) is 85.4 Å². The molecule has 0 radical (unpaired) electrons. The summed E-state index contributed by atoms with van der Waals surface area (Å²) in [5, 5.41) is 6.72. The maximum absolute atomic E-state index is 10.2. The van der Waals surface area contributed by atoms with Crippen molar-refractivity contribution >= 4 is 34.7 Å². The van der Waals surface area contributed by atoms with Gasteiger partial charge in [0, 0.05) is 24.5 Å². The van der Waals surface area contributed by atoms with Gasteiger partial charge in [-0.15, -0.1) is 0 Å². The van der Waals surface area contributed by atoms with Crippen LogP contribution in [0.25, 0.3) is 10.9 Å². The van der Waals surface area contributed by atoms with Gasteiger partial charge < -0.3 is 20.1 Å². The van der Waals surface area contributed by atoms with Gasteiger partial charge in [0.1, 0.15) is 5.82 Å².